The molecule has 0 radical (unpaired) electrons. The van der Waals surface area contributed by atoms with Crippen molar-refractivity contribution < 1.29 is 28.6 Å². The molecule has 9 heteroatoms. The third-order valence-electron chi connectivity index (χ3n) is 4.13. The van der Waals surface area contributed by atoms with Gasteiger partial charge in [0, 0.05) is 24.0 Å². The maximum Gasteiger partial charge on any atom is 0.319 e. The first-order chi connectivity index (χ1) is 14.5. The van der Waals surface area contributed by atoms with E-state index in [0.717, 1.165) is 0 Å². The number of hydrogen-bond acceptors (Lipinski definition) is 6. The number of carbonyl (C=O) groups excluding carboxylic acids is 3. The second-order valence-electron chi connectivity index (χ2n) is 6.48. The normalized spacial score (nSPS) is 13.0. The quantitative estimate of drug-likeness (QED) is 0.601. The van der Waals surface area contributed by atoms with Gasteiger partial charge >= 0.3 is 12.0 Å². The van der Waals surface area contributed by atoms with Crippen LogP contribution >= 0.6 is 0 Å². The Morgan fingerprint density at radius 2 is 1.70 bits per heavy atom. The molecule has 3 amide bonds. The lowest BCUT2D eigenvalue weighted by Crippen LogP contribution is -2.33. The number of fused-ring (bicyclic) bond motifs is 1. The highest BCUT2D eigenvalue weighted by atomic mass is 16.6. The summed E-state index contributed by atoms with van der Waals surface area (Å²) in [4.78, 5) is 36.0. The number of urea groups is 1. The third-order valence-corrected chi connectivity index (χ3v) is 4.13. The second-order valence-corrected chi connectivity index (χ2v) is 6.48. The van der Waals surface area contributed by atoms with Gasteiger partial charge in [-0.1, -0.05) is 18.2 Å². The second kappa shape index (κ2) is 10.1. The van der Waals surface area contributed by atoms with Crippen LogP contribution in [0.1, 0.15) is 13.3 Å². The number of benzene rings is 2. The van der Waals surface area contributed by atoms with Crippen LogP contribution in [0.4, 0.5) is 16.2 Å². The molecule has 0 aliphatic carbocycles. The van der Waals surface area contributed by atoms with Crippen LogP contribution in [-0.2, 0) is 14.3 Å². The summed E-state index contributed by atoms with van der Waals surface area (Å²) < 4.78 is 16.0. The van der Waals surface area contributed by atoms with Gasteiger partial charge < -0.3 is 30.2 Å². The Labute approximate surface area is 173 Å². The number of amides is 3. The number of carbonyl (C=O) groups is 3. The van der Waals surface area contributed by atoms with E-state index >= 15 is 0 Å². The van der Waals surface area contributed by atoms with Gasteiger partial charge in [-0.05, 0) is 31.2 Å². The molecule has 0 aromatic heterocycles. The predicted octanol–water partition coefficient (Wildman–Crippen LogP) is 2.54. The van der Waals surface area contributed by atoms with Gasteiger partial charge in [0.05, 0.1) is 6.42 Å². The summed E-state index contributed by atoms with van der Waals surface area (Å²) in [5.74, 6) is 0.0840. The van der Waals surface area contributed by atoms with Gasteiger partial charge in [-0.3, -0.25) is 9.59 Å². The molecular weight excluding hydrogens is 390 g/mol. The lowest BCUT2D eigenvalue weighted by Gasteiger charge is -2.19. The highest BCUT2D eigenvalue weighted by Crippen LogP contribution is 2.32. The van der Waals surface area contributed by atoms with E-state index in [1.807, 2.05) is 6.07 Å². The van der Waals surface area contributed by atoms with Gasteiger partial charge in [-0.15, -0.1) is 0 Å². The fourth-order valence-corrected chi connectivity index (χ4v) is 2.65. The monoisotopic (exact) mass is 413 g/mol. The number of ether oxygens (including phenoxy) is 3. The molecule has 0 bridgehead atoms. The minimum absolute atomic E-state index is 0.0656. The van der Waals surface area contributed by atoms with Crippen LogP contribution in [0.2, 0.25) is 0 Å². The summed E-state index contributed by atoms with van der Waals surface area (Å²) in [6.07, 6.45) is -1.06. The van der Waals surface area contributed by atoms with Crippen LogP contribution < -0.4 is 25.4 Å². The average molecular weight is 413 g/mol. The average Bonchev–Trinajstić information content (AvgIpc) is 2.74. The van der Waals surface area contributed by atoms with Crippen molar-refractivity contribution in [1.29, 1.82) is 0 Å². The summed E-state index contributed by atoms with van der Waals surface area (Å²) in [5.41, 5.74) is 1.15. The molecular formula is C21H23N3O6. The molecule has 3 rings (SSSR count). The van der Waals surface area contributed by atoms with Crippen LogP contribution in [-0.4, -0.2) is 43.8 Å². The van der Waals surface area contributed by atoms with Crippen molar-refractivity contribution in [2.45, 2.75) is 19.4 Å². The molecule has 0 unspecified atom stereocenters. The Balaban J connectivity index is 1.38. The lowest BCUT2D eigenvalue weighted by molar-refractivity contribution is -0.153. The molecule has 2 aromatic carbocycles. The van der Waals surface area contributed by atoms with Crippen molar-refractivity contribution in [2.24, 2.45) is 0 Å². The molecule has 1 heterocycles. The first-order valence-electron chi connectivity index (χ1n) is 9.51. The van der Waals surface area contributed by atoms with Gasteiger partial charge in [0.2, 0.25) is 0 Å². The van der Waals surface area contributed by atoms with Gasteiger partial charge in [0.15, 0.2) is 17.6 Å². The number of nitrogens with one attached hydrogen (secondary N) is 3. The zero-order valence-electron chi connectivity index (χ0n) is 16.5. The minimum atomic E-state index is -0.996. The van der Waals surface area contributed by atoms with Crippen molar-refractivity contribution in [2.75, 3.05) is 30.4 Å². The third kappa shape index (κ3) is 6.13. The molecule has 1 aliphatic rings. The van der Waals surface area contributed by atoms with Crippen LogP contribution in [0, 0.1) is 0 Å². The first kappa shape index (κ1) is 21.0. The molecule has 2 aromatic rings. The molecule has 1 aliphatic heterocycles. The molecule has 0 saturated heterocycles. The van der Waals surface area contributed by atoms with E-state index in [1.165, 1.54) is 6.92 Å². The number of para-hydroxylation sites is 1. The van der Waals surface area contributed by atoms with E-state index in [0.29, 0.717) is 36.1 Å². The van der Waals surface area contributed by atoms with Gasteiger partial charge in [0.1, 0.15) is 13.2 Å². The molecule has 0 fully saturated rings. The standard InChI is InChI=1S/C21H23N3O6/c1-14(20(26)23-16-7-8-17-18(13-16)29-12-11-28-17)30-19(25)9-10-22-21(27)24-15-5-3-2-4-6-15/h2-8,13-14H,9-12H2,1H3,(H,23,26)(H2,22,24,27)/t14-/m0/s1. The van der Waals surface area contributed by atoms with E-state index in [1.54, 1.807) is 42.5 Å². The van der Waals surface area contributed by atoms with E-state index in [-0.39, 0.29) is 13.0 Å². The zero-order valence-corrected chi connectivity index (χ0v) is 16.5. The minimum Gasteiger partial charge on any atom is -0.486 e. The number of hydrogen-bond donors (Lipinski definition) is 3. The molecule has 3 N–H and O–H groups in total. The molecule has 9 nitrogen and oxygen atoms in total. The molecule has 158 valence electrons. The highest BCUT2D eigenvalue weighted by Gasteiger charge is 2.19. The van der Waals surface area contributed by atoms with Crippen LogP contribution in [0.3, 0.4) is 0 Å². The summed E-state index contributed by atoms with van der Waals surface area (Å²) >= 11 is 0. The molecule has 0 saturated carbocycles. The van der Waals surface area contributed by atoms with Crippen LogP contribution in [0.5, 0.6) is 11.5 Å². The topological polar surface area (TPSA) is 115 Å². The lowest BCUT2D eigenvalue weighted by atomic mass is 10.2. The number of anilines is 2. The Morgan fingerprint density at radius 3 is 2.47 bits per heavy atom. The summed E-state index contributed by atoms with van der Waals surface area (Å²) in [6, 6.07) is 13.5. The predicted molar refractivity (Wildman–Crippen MR) is 110 cm³/mol. The Kier molecular flexibility index (Phi) is 7.09. The fourth-order valence-electron chi connectivity index (χ4n) is 2.65. The molecule has 0 spiro atoms. The Morgan fingerprint density at radius 1 is 0.967 bits per heavy atom. The van der Waals surface area contributed by atoms with E-state index in [4.69, 9.17) is 14.2 Å². The summed E-state index contributed by atoms with van der Waals surface area (Å²) in [7, 11) is 0. The summed E-state index contributed by atoms with van der Waals surface area (Å²) in [6.45, 7) is 2.47. The van der Waals surface area contributed by atoms with Gasteiger partial charge in [-0.2, -0.15) is 0 Å². The Bertz CT molecular complexity index is 903. The highest BCUT2D eigenvalue weighted by molar-refractivity contribution is 5.95. The number of rotatable bonds is 7. The van der Waals surface area contributed by atoms with Crippen LogP contribution in [0.15, 0.2) is 48.5 Å². The largest absolute Gasteiger partial charge is 0.486 e. The van der Waals surface area contributed by atoms with Crippen molar-refractivity contribution in [1.82, 2.24) is 5.32 Å². The maximum absolute atomic E-state index is 12.3. The van der Waals surface area contributed by atoms with Crippen LogP contribution in [0.25, 0.3) is 0 Å². The number of esters is 1. The van der Waals surface area contributed by atoms with Gasteiger partial charge in [-0.25, -0.2) is 4.79 Å². The van der Waals surface area contributed by atoms with Crippen molar-refractivity contribution in [3.05, 3.63) is 48.5 Å². The summed E-state index contributed by atoms with van der Waals surface area (Å²) in [5, 5.41) is 7.86. The van der Waals surface area contributed by atoms with Crippen molar-refractivity contribution in [3.8, 4) is 11.5 Å². The SMILES string of the molecule is C[C@H](OC(=O)CCNC(=O)Nc1ccccc1)C(=O)Nc1ccc2c(c1)OCCO2. The Hall–Kier alpha value is -3.75. The van der Waals surface area contributed by atoms with Gasteiger partial charge in [0.25, 0.3) is 5.91 Å². The molecule has 1 atom stereocenters. The maximum atomic E-state index is 12.3. The van der Waals surface area contributed by atoms with Crippen molar-refractivity contribution in [3.63, 3.8) is 0 Å². The molecule has 30 heavy (non-hydrogen) atoms. The fraction of sp³-hybridized carbons (Fsp3) is 0.286. The van der Waals surface area contributed by atoms with Crippen molar-refractivity contribution >= 4 is 29.3 Å². The van der Waals surface area contributed by atoms with E-state index in [9.17, 15) is 14.4 Å². The van der Waals surface area contributed by atoms with E-state index < -0.39 is 24.0 Å². The van der Waals surface area contributed by atoms with E-state index in [2.05, 4.69) is 16.0 Å². The zero-order chi connectivity index (χ0) is 21.3. The smallest absolute Gasteiger partial charge is 0.319 e. The first-order valence-corrected chi connectivity index (χ1v) is 9.51.